The number of carbonyl (C=O) groups excluding carboxylic acids is 2. The van der Waals surface area contributed by atoms with Crippen molar-refractivity contribution in [3.05, 3.63) is 34.7 Å². The van der Waals surface area contributed by atoms with Crippen LogP contribution in [0.3, 0.4) is 0 Å². The Labute approximate surface area is 210 Å². The van der Waals surface area contributed by atoms with Gasteiger partial charge in [-0.05, 0) is 73.6 Å². The number of Topliss-reactive ketones (excluding diaryl/α,β-unsaturated/α-hetero) is 1. The number of aryl methyl sites for hydroxylation is 1. The van der Waals surface area contributed by atoms with Gasteiger partial charge in [0.25, 0.3) is 0 Å². The van der Waals surface area contributed by atoms with E-state index < -0.39 is 35.0 Å². The maximum atomic E-state index is 14.6. The average Bonchev–Trinajstić information content (AvgIpc) is 3.05. The number of ether oxygens (including phenoxy) is 3. The number of allylic oxidation sites excluding steroid dienone is 1. The molecule has 1 aromatic heterocycles. The molecule has 1 aliphatic heterocycles. The van der Waals surface area contributed by atoms with Gasteiger partial charge in [0.15, 0.2) is 23.3 Å². The van der Waals surface area contributed by atoms with Crippen LogP contribution in [-0.4, -0.2) is 57.4 Å². The Balaban J connectivity index is 1.53. The lowest BCUT2D eigenvalue weighted by Crippen LogP contribution is -2.68. The van der Waals surface area contributed by atoms with E-state index in [1.165, 1.54) is 0 Å². The van der Waals surface area contributed by atoms with E-state index in [-0.39, 0.29) is 46.9 Å². The van der Waals surface area contributed by atoms with Crippen LogP contribution in [0.1, 0.15) is 64.1 Å². The molecule has 0 radical (unpaired) electrons. The predicted molar refractivity (Wildman–Crippen MR) is 125 cm³/mol. The summed E-state index contributed by atoms with van der Waals surface area (Å²) >= 11 is 0. The van der Waals surface area contributed by atoms with Gasteiger partial charge in [0.2, 0.25) is 5.69 Å². The number of rotatable bonds is 2. The second-order valence-electron chi connectivity index (χ2n) is 12.5. The predicted octanol–water partition coefficient (Wildman–Crippen LogP) is 3.17. The quantitative estimate of drug-likeness (QED) is 0.484. The Morgan fingerprint density at radius 3 is 2.58 bits per heavy atom. The zero-order valence-electron chi connectivity index (χ0n) is 21.8. The van der Waals surface area contributed by atoms with E-state index in [4.69, 9.17) is 18.8 Å². The number of esters is 1. The molecule has 36 heavy (non-hydrogen) atoms. The lowest BCUT2D eigenvalue weighted by Gasteiger charge is -2.52. The largest absolute Gasteiger partial charge is 0.450 e. The summed E-state index contributed by atoms with van der Waals surface area (Å²) in [6.45, 7) is 13.7. The van der Waals surface area contributed by atoms with Gasteiger partial charge in [0.1, 0.15) is 11.8 Å². The summed E-state index contributed by atoms with van der Waals surface area (Å²) in [5.74, 6) is -1.85. The first-order valence-corrected chi connectivity index (χ1v) is 12.7. The third kappa shape index (κ3) is 2.82. The Kier molecular flexibility index (Phi) is 4.76. The number of nitrogens with zero attached hydrogens (tertiary/aromatic N) is 2. The minimum absolute atomic E-state index is 0.0293. The van der Waals surface area contributed by atoms with Gasteiger partial charge in [-0.2, -0.15) is 0 Å². The topological polar surface area (TPSA) is 121 Å². The number of aliphatic hydroxyl groups is 1. The molecule has 0 aromatic carbocycles. The van der Waals surface area contributed by atoms with E-state index in [0.29, 0.717) is 11.5 Å². The summed E-state index contributed by atoms with van der Waals surface area (Å²) in [6, 6.07) is 0. The van der Waals surface area contributed by atoms with Crippen LogP contribution in [0, 0.1) is 41.4 Å². The molecule has 1 spiro atoms. The third-order valence-electron chi connectivity index (χ3n) is 9.74. The lowest BCUT2D eigenvalue weighted by atomic mass is 9.59. The molecule has 5 aliphatic rings. The van der Waals surface area contributed by atoms with Crippen molar-refractivity contribution in [2.45, 2.75) is 78.5 Å². The van der Waals surface area contributed by atoms with E-state index in [0.717, 1.165) is 12.0 Å². The second-order valence-corrected chi connectivity index (χ2v) is 12.5. The SMILES string of the molecule is CC1=CC23C(=O)[C@@H](C=C4COC(C)(C)O[C@H]4[C@]2(O)[C@H]1OC(=O)c1nonc1C)[C@H]1[C@@H](CC3C)C1(C)C. The Morgan fingerprint density at radius 1 is 1.19 bits per heavy atom. The summed E-state index contributed by atoms with van der Waals surface area (Å²) < 4.78 is 23.1. The molecule has 1 saturated heterocycles. The molecule has 9 heteroatoms. The summed E-state index contributed by atoms with van der Waals surface area (Å²) in [7, 11) is 0. The van der Waals surface area contributed by atoms with Crippen LogP contribution < -0.4 is 0 Å². The molecule has 8 atom stereocenters. The van der Waals surface area contributed by atoms with Crippen LogP contribution in [0.25, 0.3) is 0 Å². The van der Waals surface area contributed by atoms with Crippen molar-refractivity contribution < 1.29 is 33.5 Å². The van der Waals surface area contributed by atoms with E-state index >= 15 is 0 Å². The molecule has 2 heterocycles. The highest BCUT2D eigenvalue weighted by molar-refractivity contribution is 5.96. The number of fused-ring (bicyclic) bond motifs is 5. The highest BCUT2D eigenvalue weighted by Gasteiger charge is 2.77. The van der Waals surface area contributed by atoms with Crippen LogP contribution in [-0.2, 0) is 19.0 Å². The number of hydrogen-bond donors (Lipinski definition) is 1. The van der Waals surface area contributed by atoms with E-state index in [9.17, 15) is 14.7 Å². The first kappa shape index (κ1) is 24.0. The van der Waals surface area contributed by atoms with Crippen LogP contribution >= 0.6 is 0 Å². The van der Waals surface area contributed by atoms with Crippen LogP contribution in [0.15, 0.2) is 27.9 Å². The van der Waals surface area contributed by atoms with Crippen molar-refractivity contribution >= 4 is 11.8 Å². The van der Waals surface area contributed by atoms with Crippen molar-refractivity contribution in [2.75, 3.05) is 6.61 Å². The fourth-order valence-corrected chi connectivity index (χ4v) is 7.88. The number of hydrogen-bond acceptors (Lipinski definition) is 9. The molecule has 6 rings (SSSR count). The van der Waals surface area contributed by atoms with Crippen molar-refractivity contribution in [3.8, 4) is 0 Å². The molecule has 0 amide bonds. The number of aromatic nitrogens is 2. The highest BCUT2D eigenvalue weighted by Crippen LogP contribution is 2.72. The molecule has 3 fully saturated rings. The normalized spacial score (nSPS) is 43.7. The monoisotopic (exact) mass is 498 g/mol. The lowest BCUT2D eigenvalue weighted by molar-refractivity contribution is -0.302. The standard InChI is InChI=1S/C27H34N2O7/c1-12-10-26-13(2)8-17-18(24(17,4)5)16(20(26)30)9-15-11-33-25(6,7)35-22(15)27(26,32)21(12)34-23(31)19-14(3)28-36-29-19/h9-10,13,16-18,21-22,32H,8,11H2,1-7H3/t13?,16-,17+,18-,21-,22+,26?,27+/m0/s1. The first-order valence-electron chi connectivity index (χ1n) is 12.7. The molecule has 4 aliphatic carbocycles. The Bertz CT molecular complexity index is 1230. The van der Waals surface area contributed by atoms with E-state index in [2.05, 4.69) is 24.2 Å². The molecule has 1 aromatic rings. The molecule has 2 saturated carbocycles. The number of ketones is 1. The zero-order valence-corrected chi connectivity index (χ0v) is 21.8. The van der Waals surface area contributed by atoms with Gasteiger partial charge >= 0.3 is 5.97 Å². The molecular weight excluding hydrogens is 464 g/mol. The van der Waals surface area contributed by atoms with Gasteiger partial charge in [0.05, 0.1) is 12.0 Å². The summed E-state index contributed by atoms with van der Waals surface area (Å²) in [5, 5.41) is 20.3. The average molecular weight is 499 g/mol. The minimum atomic E-state index is -1.86. The van der Waals surface area contributed by atoms with Gasteiger partial charge in [-0.1, -0.05) is 38.1 Å². The number of carbonyl (C=O) groups is 2. The van der Waals surface area contributed by atoms with E-state index in [1.807, 2.05) is 19.1 Å². The highest BCUT2D eigenvalue weighted by atomic mass is 16.7. The van der Waals surface area contributed by atoms with Crippen molar-refractivity contribution in [1.82, 2.24) is 10.3 Å². The van der Waals surface area contributed by atoms with Gasteiger partial charge in [-0.25, -0.2) is 9.42 Å². The van der Waals surface area contributed by atoms with Gasteiger partial charge in [0, 0.05) is 5.92 Å². The summed E-state index contributed by atoms with van der Waals surface area (Å²) in [4.78, 5) is 27.8. The fraction of sp³-hybridized carbons (Fsp3) is 0.704. The molecule has 2 unspecified atom stereocenters. The smallest absolute Gasteiger partial charge is 0.363 e. The maximum Gasteiger partial charge on any atom is 0.363 e. The van der Waals surface area contributed by atoms with Crippen LogP contribution in [0.4, 0.5) is 0 Å². The zero-order chi connectivity index (χ0) is 26.0. The fourth-order valence-electron chi connectivity index (χ4n) is 7.88. The van der Waals surface area contributed by atoms with E-state index in [1.54, 1.807) is 27.7 Å². The molecular formula is C27H34N2O7. The second kappa shape index (κ2) is 7.14. The molecule has 1 N–H and O–H groups in total. The minimum Gasteiger partial charge on any atom is -0.450 e. The third-order valence-corrected chi connectivity index (χ3v) is 9.74. The van der Waals surface area contributed by atoms with Crippen molar-refractivity contribution in [1.29, 1.82) is 0 Å². The summed E-state index contributed by atoms with van der Waals surface area (Å²) in [5.41, 5.74) is -1.57. The van der Waals surface area contributed by atoms with Gasteiger partial charge in [-0.15, -0.1) is 0 Å². The van der Waals surface area contributed by atoms with Crippen LogP contribution in [0.2, 0.25) is 0 Å². The van der Waals surface area contributed by atoms with Crippen molar-refractivity contribution in [2.24, 2.45) is 34.5 Å². The Morgan fingerprint density at radius 2 is 1.92 bits per heavy atom. The Hall–Kier alpha value is -2.36. The maximum absolute atomic E-state index is 14.6. The van der Waals surface area contributed by atoms with Crippen LogP contribution in [0.5, 0.6) is 0 Å². The van der Waals surface area contributed by atoms with Gasteiger partial charge in [-0.3, -0.25) is 4.79 Å². The van der Waals surface area contributed by atoms with Crippen molar-refractivity contribution in [3.63, 3.8) is 0 Å². The molecule has 2 bridgehead atoms. The first-order chi connectivity index (χ1) is 16.8. The summed E-state index contributed by atoms with van der Waals surface area (Å²) in [6.07, 6.45) is 2.60. The van der Waals surface area contributed by atoms with Gasteiger partial charge < -0.3 is 19.3 Å². The molecule has 194 valence electrons. The molecule has 9 nitrogen and oxygen atoms in total.